The van der Waals surface area contributed by atoms with Gasteiger partial charge < -0.3 is 10.4 Å². The molecule has 2 rings (SSSR count). The maximum atomic E-state index is 11.8. The lowest BCUT2D eigenvalue weighted by molar-refractivity contribution is 0.101. The van der Waals surface area contributed by atoms with Gasteiger partial charge in [0.2, 0.25) is 0 Å². The largest absolute Gasteiger partial charge is 0.505 e. The van der Waals surface area contributed by atoms with E-state index in [4.69, 9.17) is 0 Å². The Balaban J connectivity index is 2.20. The maximum Gasteiger partial charge on any atom is 0.279 e. The van der Waals surface area contributed by atoms with Crippen LogP contribution in [-0.4, -0.2) is 21.0 Å². The van der Waals surface area contributed by atoms with E-state index in [0.29, 0.717) is 5.82 Å². The van der Waals surface area contributed by atoms with E-state index in [1.807, 2.05) is 13.0 Å². The monoisotopic (exact) mass is 229 g/mol. The summed E-state index contributed by atoms with van der Waals surface area (Å²) in [7, 11) is 0. The highest BCUT2D eigenvalue weighted by Crippen LogP contribution is 2.14. The molecule has 86 valence electrons. The van der Waals surface area contributed by atoms with Crippen LogP contribution >= 0.6 is 0 Å². The second-order valence-electron chi connectivity index (χ2n) is 3.49. The Bertz CT molecular complexity index is 555. The van der Waals surface area contributed by atoms with Crippen LogP contribution in [0.4, 0.5) is 5.82 Å². The van der Waals surface area contributed by atoms with E-state index in [0.717, 1.165) is 5.69 Å². The molecule has 0 radical (unpaired) electrons. The number of carbonyl (C=O) groups excluding carboxylic acids is 1. The van der Waals surface area contributed by atoms with E-state index in [9.17, 15) is 9.90 Å². The average molecular weight is 229 g/mol. The fourth-order valence-electron chi connectivity index (χ4n) is 1.36. The van der Waals surface area contributed by atoms with E-state index in [1.165, 1.54) is 12.3 Å². The smallest absolute Gasteiger partial charge is 0.279 e. The Hall–Kier alpha value is -2.43. The van der Waals surface area contributed by atoms with Crippen molar-refractivity contribution >= 4 is 11.7 Å². The van der Waals surface area contributed by atoms with Gasteiger partial charge in [-0.1, -0.05) is 6.07 Å². The van der Waals surface area contributed by atoms with Crippen molar-refractivity contribution in [1.29, 1.82) is 0 Å². The number of hydrogen-bond acceptors (Lipinski definition) is 4. The third kappa shape index (κ3) is 2.57. The van der Waals surface area contributed by atoms with Crippen LogP contribution in [0.3, 0.4) is 0 Å². The summed E-state index contributed by atoms with van der Waals surface area (Å²) < 4.78 is 0. The third-order valence-electron chi connectivity index (χ3n) is 2.13. The molecule has 2 aromatic heterocycles. The summed E-state index contributed by atoms with van der Waals surface area (Å²) in [6.45, 7) is 1.83. The van der Waals surface area contributed by atoms with Crippen molar-refractivity contribution in [2.24, 2.45) is 0 Å². The van der Waals surface area contributed by atoms with Gasteiger partial charge in [-0.3, -0.25) is 4.79 Å². The minimum atomic E-state index is -0.485. The lowest BCUT2D eigenvalue weighted by atomic mass is 10.3. The Morgan fingerprint density at radius 2 is 2.12 bits per heavy atom. The molecule has 0 aliphatic rings. The maximum absolute atomic E-state index is 11.8. The van der Waals surface area contributed by atoms with Gasteiger partial charge in [0.1, 0.15) is 11.6 Å². The van der Waals surface area contributed by atoms with Gasteiger partial charge in [0.05, 0.1) is 0 Å². The molecule has 0 saturated heterocycles. The van der Waals surface area contributed by atoms with Gasteiger partial charge in [-0.2, -0.15) is 0 Å². The molecular formula is C12H11N3O2. The molecule has 0 atom stereocenters. The van der Waals surface area contributed by atoms with Gasteiger partial charge in [0, 0.05) is 11.9 Å². The molecule has 0 spiro atoms. The van der Waals surface area contributed by atoms with Crippen molar-refractivity contribution in [3.8, 4) is 5.75 Å². The molecule has 0 aliphatic heterocycles. The number of aromatic hydroxyl groups is 1. The zero-order valence-electron chi connectivity index (χ0n) is 9.21. The van der Waals surface area contributed by atoms with Crippen molar-refractivity contribution in [2.75, 3.05) is 5.32 Å². The number of rotatable bonds is 2. The molecule has 2 N–H and O–H groups in total. The summed E-state index contributed by atoms with van der Waals surface area (Å²) in [5, 5.41) is 12.0. The van der Waals surface area contributed by atoms with Crippen LogP contribution in [-0.2, 0) is 0 Å². The Morgan fingerprint density at radius 1 is 1.29 bits per heavy atom. The number of carbonyl (C=O) groups is 1. The molecule has 17 heavy (non-hydrogen) atoms. The molecule has 2 aromatic rings. The van der Waals surface area contributed by atoms with Gasteiger partial charge in [0.25, 0.3) is 5.91 Å². The molecule has 1 amide bonds. The van der Waals surface area contributed by atoms with Crippen molar-refractivity contribution in [1.82, 2.24) is 9.97 Å². The van der Waals surface area contributed by atoms with E-state index >= 15 is 0 Å². The average Bonchev–Trinajstić information content (AvgIpc) is 2.29. The minimum absolute atomic E-state index is 0.0178. The highest BCUT2D eigenvalue weighted by Gasteiger charge is 2.12. The molecule has 5 nitrogen and oxygen atoms in total. The summed E-state index contributed by atoms with van der Waals surface area (Å²) in [5.74, 6) is -0.209. The van der Waals surface area contributed by atoms with Gasteiger partial charge in [-0.25, -0.2) is 9.97 Å². The van der Waals surface area contributed by atoms with Gasteiger partial charge in [-0.05, 0) is 31.2 Å². The molecule has 0 aromatic carbocycles. The third-order valence-corrected chi connectivity index (χ3v) is 2.13. The topological polar surface area (TPSA) is 75.1 Å². The number of anilines is 1. The van der Waals surface area contributed by atoms with Gasteiger partial charge >= 0.3 is 0 Å². The fourth-order valence-corrected chi connectivity index (χ4v) is 1.36. The Labute approximate surface area is 98.2 Å². The summed E-state index contributed by atoms with van der Waals surface area (Å²) in [5.41, 5.74) is 0.781. The quantitative estimate of drug-likeness (QED) is 0.822. The summed E-state index contributed by atoms with van der Waals surface area (Å²) in [6.07, 6.45) is 1.44. The van der Waals surface area contributed by atoms with Crippen LogP contribution in [0, 0.1) is 6.92 Å². The SMILES string of the molecule is Cc1cccc(NC(=O)c2ncccc2O)n1. The molecule has 0 saturated carbocycles. The van der Waals surface area contributed by atoms with Gasteiger partial charge in [0.15, 0.2) is 5.69 Å². The first kappa shape index (κ1) is 11.1. The van der Waals surface area contributed by atoms with E-state index in [2.05, 4.69) is 15.3 Å². The highest BCUT2D eigenvalue weighted by atomic mass is 16.3. The van der Waals surface area contributed by atoms with Crippen molar-refractivity contribution in [3.05, 3.63) is 47.9 Å². The number of hydrogen-bond donors (Lipinski definition) is 2. The first-order chi connectivity index (χ1) is 8.16. The van der Waals surface area contributed by atoms with Crippen LogP contribution in [0.15, 0.2) is 36.5 Å². The summed E-state index contributed by atoms with van der Waals surface area (Å²) in [6, 6.07) is 8.25. The normalized spacial score (nSPS) is 9.94. The number of amides is 1. The molecule has 0 aliphatic carbocycles. The van der Waals surface area contributed by atoms with Crippen LogP contribution in [0.1, 0.15) is 16.2 Å². The molecule has 5 heteroatoms. The molecular weight excluding hydrogens is 218 g/mol. The predicted octanol–water partition coefficient (Wildman–Crippen LogP) is 1.74. The van der Waals surface area contributed by atoms with Crippen LogP contribution in [0.2, 0.25) is 0 Å². The summed E-state index contributed by atoms with van der Waals surface area (Å²) >= 11 is 0. The lowest BCUT2D eigenvalue weighted by Crippen LogP contribution is -2.14. The molecule has 0 unspecified atom stereocenters. The highest BCUT2D eigenvalue weighted by molar-refractivity contribution is 6.04. The first-order valence-electron chi connectivity index (χ1n) is 5.06. The zero-order valence-corrected chi connectivity index (χ0v) is 9.21. The van der Waals surface area contributed by atoms with Crippen LogP contribution in [0.25, 0.3) is 0 Å². The second-order valence-corrected chi connectivity index (χ2v) is 3.49. The van der Waals surface area contributed by atoms with Crippen LogP contribution in [0.5, 0.6) is 5.75 Å². The Kier molecular flexibility index (Phi) is 3.00. The summed E-state index contributed by atoms with van der Waals surface area (Å²) in [4.78, 5) is 19.7. The molecule has 0 bridgehead atoms. The number of nitrogens with one attached hydrogen (secondary N) is 1. The number of aryl methyl sites for hydroxylation is 1. The number of nitrogens with zero attached hydrogens (tertiary/aromatic N) is 2. The van der Waals surface area contributed by atoms with E-state index in [-0.39, 0.29) is 11.4 Å². The van der Waals surface area contributed by atoms with Crippen molar-refractivity contribution in [2.45, 2.75) is 6.92 Å². The van der Waals surface area contributed by atoms with Crippen molar-refractivity contribution < 1.29 is 9.90 Å². The standard InChI is InChI=1S/C12H11N3O2/c1-8-4-2-6-10(14-8)15-12(17)11-9(16)5-3-7-13-11/h2-7,16H,1H3,(H,14,15,17). The fraction of sp³-hybridized carbons (Fsp3) is 0.0833. The number of aromatic nitrogens is 2. The minimum Gasteiger partial charge on any atom is -0.505 e. The lowest BCUT2D eigenvalue weighted by Gasteiger charge is -2.05. The van der Waals surface area contributed by atoms with E-state index in [1.54, 1.807) is 18.2 Å². The first-order valence-corrected chi connectivity index (χ1v) is 5.06. The van der Waals surface area contributed by atoms with Crippen molar-refractivity contribution in [3.63, 3.8) is 0 Å². The molecule has 2 heterocycles. The van der Waals surface area contributed by atoms with Gasteiger partial charge in [-0.15, -0.1) is 0 Å². The molecule has 0 fully saturated rings. The second kappa shape index (κ2) is 4.61. The number of pyridine rings is 2. The Morgan fingerprint density at radius 3 is 2.82 bits per heavy atom. The zero-order chi connectivity index (χ0) is 12.3. The predicted molar refractivity (Wildman–Crippen MR) is 62.8 cm³/mol. The van der Waals surface area contributed by atoms with Crippen LogP contribution < -0.4 is 5.32 Å². The van der Waals surface area contributed by atoms with E-state index < -0.39 is 5.91 Å².